The summed E-state index contributed by atoms with van der Waals surface area (Å²) in [5.74, 6) is -0.0649. The highest BCUT2D eigenvalue weighted by atomic mass is 79.9. The number of aromatic nitrogens is 3. The SMILES string of the molecule is CC(CC(=O)O)Cc1nnc(-c2cncc(Br)c2)o1. The van der Waals surface area contributed by atoms with Crippen LogP contribution in [0.2, 0.25) is 0 Å². The van der Waals surface area contributed by atoms with Crippen LogP contribution in [0.5, 0.6) is 0 Å². The number of carbonyl (C=O) groups is 1. The summed E-state index contributed by atoms with van der Waals surface area (Å²) in [7, 11) is 0. The molecule has 2 heterocycles. The number of hydrogen-bond acceptors (Lipinski definition) is 5. The molecule has 0 fully saturated rings. The van der Waals surface area contributed by atoms with Crippen molar-refractivity contribution in [2.45, 2.75) is 19.8 Å². The van der Waals surface area contributed by atoms with Crippen molar-refractivity contribution in [2.24, 2.45) is 5.92 Å². The molecule has 1 N–H and O–H groups in total. The Bertz CT molecular complexity index is 585. The minimum Gasteiger partial charge on any atom is -0.481 e. The summed E-state index contributed by atoms with van der Waals surface area (Å²) in [5.41, 5.74) is 0.721. The van der Waals surface area contributed by atoms with Crippen molar-refractivity contribution in [1.29, 1.82) is 0 Å². The summed E-state index contributed by atoms with van der Waals surface area (Å²) < 4.78 is 6.32. The maximum absolute atomic E-state index is 10.6. The molecule has 6 nitrogen and oxygen atoms in total. The summed E-state index contributed by atoms with van der Waals surface area (Å²) in [6, 6.07) is 1.82. The predicted molar refractivity (Wildman–Crippen MR) is 70.3 cm³/mol. The Balaban J connectivity index is 2.09. The van der Waals surface area contributed by atoms with Gasteiger partial charge in [0.25, 0.3) is 0 Å². The van der Waals surface area contributed by atoms with E-state index in [1.54, 1.807) is 12.4 Å². The third-order valence-electron chi connectivity index (χ3n) is 2.46. The van der Waals surface area contributed by atoms with E-state index in [1.165, 1.54) is 0 Å². The van der Waals surface area contributed by atoms with Crippen molar-refractivity contribution in [3.63, 3.8) is 0 Å². The normalized spacial score (nSPS) is 12.3. The van der Waals surface area contributed by atoms with E-state index in [9.17, 15) is 4.79 Å². The molecule has 0 spiro atoms. The first kappa shape index (κ1) is 13.7. The molecule has 0 aliphatic rings. The lowest BCUT2D eigenvalue weighted by atomic mass is 10.0. The van der Waals surface area contributed by atoms with E-state index in [0.717, 1.165) is 10.0 Å². The highest BCUT2D eigenvalue weighted by molar-refractivity contribution is 9.10. The number of rotatable bonds is 5. The Morgan fingerprint density at radius 1 is 1.47 bits per heavy atom. The van der Waals surface area contributed by atoms with Crippen molar-refractivity contribution in [2.75, 3.05) is 0 Å². The second-order valence-electron chi connectivity index (χ2n) is 4.30. The molecule has 0 aromatic carbocycles. The van der Waals surface area contributed by atoms with Gasteiger partial charge in [0.15, 0.2) is 0 Å². The van der Waals surface area contributed by atoms with E-state index in [4.69, 9.17) is 9.52 Å². The summed E-state index contributed by atoms with van der Waals surface area (Å²) in [4.78, 5) is 14.6. The van der Waals surface area contributed by atoms with Gasteiger partial charge in [-0.05, 0) is 27.9 Å². The molecule has 0 aliphatic heterocycles. The van der Waals surface area contributed by atoms with Crippen LogP contribution < -0.4 is 0 Å². The van der Waals surface area contributed by atoms with E-state index in [2.05, 4.69) is 31.1 Å². The van der Waals surface area contributed by atoms with Gasteiger partial charge in [-0.1, -0.05) is 6.92 Å². The van der Waals surface area contributed by atoms with Crippen LogP contribution in [0.4, 0.5) is 0 Å². The number of hydrogen-bond donors (Lipinski definition) is 1. The maximum atomic E-state index is 10.6. The van der Waals surface area contributed by atoms with Crippen LogP contribution in [0.1, 0.15) is 19.2 Å². The zero-order valence-electron chi connectivity index (χ0n) is 10.2. The highest BCUT2D eigenvalue weighted by Gasteiger charge is 2.14. The Kier molecular flexibility index (Phi) is 4.26. The molecule has 100 valence electrons. The number of carboxylic acid groups (broad SMARTS) is 1. The fourth-order valence-electron chi connectivity index (χ4n) is 1.65. The molecule has 0 bridgehead atoms. The smallest absolute Gasteiger partial charge is 0.303 e. The molecule has 2 aromatic heterocycles. The summed E-state index contributed by atoms with van der Waals surface area (Å²) in [6.07, 6.45) is 3.81. The maximum Gasteiger partial charge on any atom is 0.303 e. The van der Waals surface area contributed by atoms with Gasteiger partial charge in [0.1, 0.15) is 0 Å². The fourth-order valence-corrected chi connectivity index (χ4v) is 2.01. The Morgan fingerprint density at radius 2 is 2.26 bits per heavy atom. The minimum absolute atomic E-state index is 0.0496. The topological polar surface area (TPSA) is 89.1 Å². The number of aliphatic carboxylic acids is 1. The molecular weight excluding hydrogens is 314 g/mol. The number of nitrogens with zero attached hydrogens (tertiary/aromatic N) is 3. The van der Waals surface area contributed by atoms with Crippen LogP contribution in [0.3, 0.4) is 0 Å². The Morgan fingerprint density at radius 3 is 2.95 bits per heavy atom. The predicted octanol–water partition coefficient (Wildman–Crippen LogP) is 2.55. The molecule has 0 radical (unpaired) electrons. The summed E-state index contributed by atoms with van der Waals surface area (Å²) in [6.45, 7) is 1.83. The van der Waals surface area contributed by atoms with Crippen LogP contribution in [0.15, 0.2) is 27.3 Å². The van der Waals surface area contributed by atoms with Gasteiger partial charge >= 0.3 is 5.97 Å². The van der Waals surface area contributed by atoms with E-state index < -0.39 is 5.97 Å². The molecule has 2 rings (SSSR count). The molecular formula is C12H12BrN3O3. The standard InChI is InChI=1S/C12H12BrN3O3/c1-7(3-11(17)18)2-10-15-16-12(19-10)8-4-9(13)6-14-5-8/h4-7H,2-3H2,1H3,(H,17,18). The third-order valence-corrected chi connectivity index (χ3v) is 2.90. The van der Waals surface area contributed by atoms with Crippen molar-refractivity contribution < 1.29 is 14.3 Å². The van der Waals surface area contributed by atoms with Crippen molar-refractivity contribution in [3.8, 4) is 11.5 Å². The largest absolute Gasteiger partial charge is 0.481 e. The molecule has 1 atom stereocenters. The summed E-state index contributed by atoms with van der Waals surface area (Å²) in [5, 5.41) is 16.5. The van der Waals surface area contributed by atoms with Crippen LogP contribution in [-0.4, -0.2) is 26.3 Å². The number of pyridine rings is 1. The lowest BCUT2D eigenvalue weighted by Gasteiger charge is -2.03. The lowest BCUT2D eigenvalue weighted by Crippen LogP contribution is -2.07. The van der Waals surface area contributed by atoms with Gasteiger partial charge in [-0.3, -0.25) is 9.78 Å². The number of halogens is 1. The quantitative estimate of drug-likeness (QED) is 0.908. The zero-order valence-corrected chi connectivity index (χ0v) is 11.8. The molecule has 7 heteroatoms. The van der Waals surface area contributed by atoms with Gasteiger partial charge in [-0.15, -0.1) is 10.2 Å². The number of carboxylic acids is 1. The molecule has 19 heavy (non-hydrogen) atoms. The minimum atomic E-state index is -0.830. The van der Waals surface area contributed by atoms with Crippen molar-refractivity contribution in [3.05, 3.63) is 28.8 Å². The molecule has 0 saturated carbocycles. The molecule has 0 aliphatic carbocycles. The van der Waals surface area contributed by atoms with Gasteiger partial charge in [0.05, 0.1) is 5.56 Å². The van der Waals surface area contributed by atoms with Gasteiger partial charge in [-0.25, -0.2) is 0 Å². The first-order valence-corrected chi connectivity index (χ1v) is 6.49. The van der Waals surface area contributed by atoms with E-state index >= 15 is 0 Å². The third kappa shape index (κ3) is 3.85. The lowest BCUT2D eigenvalue weighted by molar-refractivity contribution is -0.137. The van der Waals surface area contributed by atoms with E-state index in [-0.39, 0.29) is 12.3 Å². The molecule has 1 unspecified atom stereocenters. The van der Waals surface area contributed by atoms with Crippen LogP contribution in [0, 0.1) is 5.92 Å². The summed E-state index contributed by atoms with van der Waals surface area (Å²) >= 11 is 3.32. The average Bonchev–Trinajstić information content (AvgIpc) is 2.76. The van der Waals surface area contributed by atoms with Gasteiger partial charge in [0, 0.05) is 29.7 Å². The van der Waals surface area contributed by atoms with E-state index in [1.807, 2.05) is 13.0 Å². The van der Waals surface area contributed by atoms with Gasteiger partial charge in [-0.2, -0.15) is 0 Å². The van der Waals surface area contributed by atoms with Crippen molar-refractivity contribution >= 4 is 21.9 Å². The first-order valence-electron chi connectivity index (χ1n) is 5.69. The highest BCUT2D eigenvalue weighted by Crippen LogP contribution is 2.21. The second-order valence-corrected chi connectivity index (χ2v) is 5.22. The molecule has 2 aromatic rings. The average molecular weight is 326 g/mol. The van der Waals surface area contributed by atoms with Crippen LogP contribution >= 0.6 is 15.9 Å². The van der Waals surface area contributed by atoms with Gasteiger partial charge in [0.2, 0.25) is 11.8 Å². The molecule has 0 saturated heterocycles. The Hall–Kier alpha value is -1.76. The zero-order chi connectivity index (χ0) is 13.8. The second kappa shape index (κ2) is 5.92. The Labute approximate surface area is 118 Å². The van der Waals surface area contributed by atoms with Crippen LogP contribution in [-0.2, 0) is 11.2 Å². The molecule has 0 amide bonds. The first-order chi connectivity index (χ1) is 9.04. The van der Waals surface area contributed by atoms with E-state index in [0.29, 0.717) is 18.2 Å². The monoisotopic (exact) mass is 325 g/mol. The van der Waals surface area contributed by atoms with Crippen molar-refractivity contribution in [1.82, 2.24) is 15.2 Å². The van der Waals surface area contributed by atoms with Gasteiger partial charge < -0.3 is 9.52 Å². The van der Waals surface area contributed by atoms with Crippen LogP contribution in [0.25, 0.3) is 11.5 Å². The fraction of sp³-hybridized carbons (Fsp3) is 0.333.